The molecule has 0 saturated carbocycles. The number of halogens is 3. The number of nitrogens with one attached hydrogen (secondary N) is 1. The number of aryl methyl sites for hydroxylation is 1. The predicted molar refractivity (Wildman–Crippen MR) is 124 cm³/mol. The minimum absolute atomic E-state index is 0.0853. The van der Waals surface area contributed by atoms with Gasteiger partial charge in [-0.15, -0.1) is 0 Å². The summed E-state index contributed by atoms with van der Waals surface area (Å²) in [5.41, 5.74) is 3.28. The fraction of sp³-hybridized carbons (Fsp3) is 0.154. The molecular formula is C26H19ClF2N2O2. The van der Waals surface area contributed by atoms with Gasteiger partial charge < -0.3 is 10.2 Å². The van der Waals surface area contributed by atoms with Crippen molar-refractivity contribution in [2.24, 2.45) is 0 Å². The van der Waals surface area contributed by atoms with Crippen LogP contribution < -0.4 is 5.32 Å². The van der Waals surface area contributed by atoms with E-state index in [2.05, 4.69) is 17.2 Å². The van der Waals surface area contributed by atoms with Crippen LogP contribution in [0.1, 0.15) is 37.4 Å². The Bertz CT molecular complexity index is 1290. The van der Waals surface area contributed by atoms with Crippen molar-refractivity contribution >= 4 is 29.1 Å². The second-order valence-electron chi connectivity index (χ2n) is 7.81. The van der Waals surface area contributed by atoms with E-state index >= 15 is 0 Å². The third kappa shape index (κ3) is 5.21. The number of amides is 2. The molecule has 3 aromatic carbocycles. The molecule has 4 rings (SSSR count). The molecule has 0 spiro atoms. The van der Waals surface area contributed by atoms with Crippen molar-refractivity contribution in [3.63, 3.8) is 0 Å². The lowest BCUT2D eigenvalue weighted by atomic mass is 10.0. The number of hydrogen-bond donors (Lipinski definition) is 1. The first kappa shape index (κ1) is 22.5. The topological polar surface area (TPSA) is 49.4 Å². The Hall–Kier alpha value is -3.69. The number of alkyl halides is 2. The van der Waals surface area contributed by atoms with Crippen LogP contribution in [0.25, 0.3) is 0 Å². The molecule has 1 saturated heterocycles. The van der Waals surface area contributed by atoms with Gasteiger partial charge in [-0.25, -0.2) is 8.78 Å². The largest absolute Gasteiger partial charge is 0.326 e. The van der Waals surface area contributed by atoms with Crippen LogP contribution in [-0.2, 0) is 0 Å². The van der Waals surface area contributed by atoms with E-state index in [1.807, 2.05) is 43.3 Å². The Kier molecular flexibility index (Phi) is 6.17. The van der Waals surface area contributed by atoms with Crippen LogP contribution in [0.15, 0.2) is 66.7 Å². The van der Waals surface area contributed by atoms with Gasteiger partial charge in [0.15, 0.2) is 0 Å². The summed E-state index contributed by atoms with van der Waals surface area (Å²) in [4.78, 5) is 26.3. The van der Waals surface area contributed by atoms with E-state index in [4.69, 9.17) is 11.6 Å². The van der Waals surface area contributed by atoms with Crippen molar-refractivity contribution in [1.82, 2.24) is 4.90 Å². The third-order valence-corrected chi connectivity index (χ3v) is 5.52. The number of rotatable bonds is 3. The molecule has 0 aromatic heterocycles. The third-order valence-electron chi connectivity index (χ3n) is 5.19. The van der Waals surface area contributed by atoms with Gasteiger partial charge in [0.25, 0.3) is 17.7 Å². The van der Waals surface area contributed by atoms with Gasteiger partial charge in [-0.1, -0.05) is 41.6 Å². The fourth-order valence-electron chi connectivity index (χ4n) is 3.41. The van der Waals surface area contributed by atoms with Gasteiger partial charge in [0.1, 0.15) is 0 Å². The van der Waals surface area contributed by atoms with Crippen LogP contribution in [-0.4, -0.2) is 35.7 Å². The number of benzene rings is 3. The second kappa shape index (κ2) is 9.05. The second-order valence-corrected chi connectivity index (χ2v) is 8.22. The summed E-state index contributed by atoms with van der Waals surface area (Å²) in [6.45, 7) is 0.582. The summed E-state index contributed by atoms with van der Waals surface area (Å²) in [7, 11) is 0. The summed E-state index contributed by atoms with van der Waals surface area (Å²) in [6.07, 6.45) is 0. The molecule has 7 heteroatoms. The van der Waals surface area contributed by atoms with E-state index in [1.54, 1.807) is 12.1 Å². The molecule has 0 bridgehead atoms. The number of anilines is 1. The zero-order chi connectivity index (χ0) is 23.6. The number of hydrogen-bond acceptors (Lipinski definition) is 2. The molecule has 1 heterocycles. The summed E-state index contributed by atoms with van der Waals surface area (Å²) < 4.78 is 26.2. The van der Waals surface area contributed by atoms with E-state index in [-0.39, 0.29) is 16.1 Å². The van der Waals surface area contributed by atoms with Crippen molar-refractivity contribution in [3.05, 3.63) is 99.6 Å². The molecule has 0 atom stereocenters. The standard InChI is InChI=1S/C26H19ClF2N2O2/c1-17-13-19(8-7-18-5-3-2-4-6-18)9-12-23(17)30-24(32)21-14-20(10-11-22(21)27)25(33)31-15-26(28,29)16-31/h2-6,9-14H,15-16H2,1H3,(H,30,32). The normalized spacial score (nSPS) is 14.0. The summed E-state index contributed by atoms with van der Waals surface area (Å²) in [6, 6.07) is 19.2. The van der Waals surface area contributed by atoms with Gasteiger partial charge in [-0.3, -0.25) is 9.59 Å². The first-order chi connectivity index (χ1) is 15.7. The Balaban J connectivity index is 1.49. The van der Waals surface area contributed by atoms with Gasteiger partial charge in [-0.2, -0.15) is 0 Å². The lowest BCUT2D eigenvalue weighted by molar-refractivity contribution is -0.113. The lowest BCUT2D eigenvalue weighted by Gasteiger charge is -2.38. The molecular weight excluding hydrogens is 446 g/mol. The quantitative estimate of drug-likeness (QED) is 0.528. The summed E-state index contributed by atoms with van der Waals surface area (Å²) >= 11 is 6.18. The minimum Gasteiger partial charge on any atom is -0.326 e. The van der Waals surface area contributed by atoms with Crippen LogP contribution in [0.5, 0.6) is 0 Å². The molecule has 2 amide bonds. The molecule has 33 heavy (non-hydrogen) atoms. The van der Waals surface area contributed by atoms with E-state index in [9.17, 15) is 18.4 Å². The molecule has 1 aliphatic rings. The van der Waals surface area contributed by atoms with Crippen LogP contribution in [0.2, 0.25) is 5.02 Å². The van der Waals surface area contributed by atoms with Crippen molar-refractivity contribution in [2.45, 2.75) is 12.8 Å². The van der Waals surface area contributed by atoms with Crippen LogP contribution in [0.4, 0.5) is 14.5 Å². The van der Waals surface area contributed by atoms with E-state index in [0.29, 0.717) is 5.69 Å². The minimum atomic E-state index is -2.86. The van der Waals surface area contributed by atoms with Crippen LogP contribution in [0.3, 0.4) is 0 Å². The maximum Gasteiger partial charge on any atom is 0.282 e. The average molecular weight is 465 g/mol. The van der Waals surface area contributed by atoms with Gasteiger partial charge in [0.2, 0.25) is 0 Å². The van der Waals surface area contributed by atoms with E-state index in [1.165, 1.54) is 18.2 Å². The molecule has 0 unspecified atom stereocenters. The predicted octanol–water partition coefficient (Wildman–Crippen LogP) is 5.39. The van der Waals surface area contributed by atoms with E-state index in [0.717, 1.165) is 21.6 Å². The maximum atomic E-state index is 13.1. The Morgan fingerprint density at radius 2 is 1.67 bits per heavy atom. The Morgan fingerprint density at radius 1 is 0.970 bits per heavy atom. The van der Waals surface area contributed by atoms with Crippen molar-refractivity contribution in [1.29, 1.82) is 0 Å². The molecule has 166 valence electrons. The zero-order valence-electron chi connectivity index (χ0n) is 17.7. The van der Waals surface area contributed by atoms with E-state index < -0.39 is 30.8 Å². The van der Waals surface area contributed by atoms with Gasteiger partial charge in [-0.05, 0) is 61.0 Å². The fourth-order valence-corrected chi connectivity index (χ4v) is 3.61. The van der Waals surface area contributed by atoms with Crippen molar-refractivity contribution < 1.29 is 18.4 Å². The summed E-state index contributed by atoms with van der Waals surface area (Å²) in [5.74, 6) is 2.24. The number of nitrogens with zero attached hydrogens (tertiary/aromatic N) is 1. The maximum absolute atomic E-state index is 13.1. The number of likely N-dealkylation sites (tertiary alicyclic amines) is 1. The highest BCUT2D eigenvalue weighted by Crippen LogP contribution is 2.29. The van der Waals surface area contributed by atoms with Crippen molar-refractivity contribution in [2.75, 3.05) is 18.4 Å². The van der Waals surface area contributed by atoms with Crippen LogP contribution >= 0.6 is 11.6 Å². The monoisotopic (exact) mass is 464 g/mol. The SMILES string of the molecule is Cc1cc(C#Cc2ccccc2)ccc1NC(=O)c1cc(C(=O)N2CC(F)(F)C2)ccc1Cl. The highest BCUT2D eigenvalue weighted by molar-refractivity contribution is 6.34. The molecule has 4 nitrogen and oxygen atoms in total. The first-order valence-corrected chi connectivity index (χ1v) is 10.6. The molecule has 0 aliphatic carbocycles. The van der Waals surface area contributed by atoms with Crippen LogP contribution in [0, 0.1) is 18.8 Å². The molecule has 0 radical (unpaired) electrons. The molecule has 1 aliphatic heterocycles. The van der Waals surface area contributed by atoms with Crippen molar-refractivity contribution in [3.8, 4) is 11.8 Å². The smallest absolute Gasteiger partial charge is 0.282 e. The highest BCUT2D eigenvalue weighted by Gasteiger charge is 2.46. The molecule has 1 fully saturated rings. The zero-order valence-corrected chi connectivity index (χ0v) is 18.4. The number of carbonyl (C=O) groups is 2. The lowest BCUT2D eigenvalue weighted by Crippen LogP contribution is -2.58. The number of carbonyl (C=O) groups excluding carboxylic acids is 2. The Labute approximate surface area is 195 Å². The molecule has 1 N–H and O–H groups in total. The van der Waals surface area contributed by atoms with Gasteiger partial charge in [0, 0.05) is 22.4 Å². The van der Waals surface area contributed by atoms with Gasteiger partial charge >= 0.3 is 0 Å². The van der Waals surface area contributed by atoms with Gasteiger partial charge in [0.05, 0.1) is 23.7 Å². The first-order valence-electron chi connectivity index (χ1n) is 10.2. The summed E-state index contributed by atoms with van der Waals surface area (Å²) in [5, 5.41) is 2.94. The molecule has 3 aromatic rings. The average Bonchev–Trinajstić information content (AvgIpc) is 2.78. The highest BCUT2D eigenvalue weighted by atomic mass is 35.5. The Morgan fingerprint density at radius 3 is 2.33 bits per heavy atom.